The molecule has 6 nitrogen and oxygen atoms in total. The molecule has 8 heteroatoms. The first kappa shape index (κ1) is 24.5. The van der Waals surface area contributed by atoms with Gasteiger partial charge in [-0.25, -0.2) is 14.8 Å². The highest BCUT2D eigenvalue weighted by Crippen LogP contribution is 2.55. The monoisotopic (exact) mass is 582 g/mol. The summed E-state index contributed by atoms with van der Waals surface area (Å²) < 4.78 is 6.35. The van der Waals surface area contributed by atoms with Crippen LogP contribution in [0.3, 0.4) is 0 Å². The first-order valence-corrected chi connectivity index (χ1v) is 13.8. The second-order valence-electron chi connectivity index (χ2n) is 8.63. The van der Waals surface area contributed by atoms with E-state index in [1.165, 1.54) is 11.8 Å². The van der Waals surface area contributed by atoms with Crippen LogP contribution in [0.2, 0.25) is 0 Å². The molecule has 4 aromatic rings. The predicted molar refractivity (Wildman–Crippen MR) is 157 cm³/mol. The molecule has 0 amide bonds. The maximum absolute atomic E-state index is 13.1. The maximum Gasteiger partial charge on any atom is 0.365 e. The topological polar surface area (TPSA) is 57.5 Å². The number of fused-ring (bicyclic) bond motifs is 2. The highest BCUT2D eigenvalue weighted by atomic mass is 79.9. The number of carbonyl (C=O) groups excluding carboxylic acids is 1. The summed E-state index contributed by atoms with van der Waals surface area (Å²) in [5.41, 5.74) is 5.46. The van der Waals surface area contributed by atoms with E-state index < -0.39 is 11.0 Å². The third-order valence-electron chi connectivity index (χ3n) is 6.31. The van der Waals surface area contributed by atoms with E-state index in [0.717, 1.165) is 38.2 Å². The first-order chi connectivity index (χ1) is 18.6. The molecule has 4 aromatic carbocycles. The number of benzene rings is 4. The van der Waals surface area contributed by atoms with E-state index >= 15 is 0 Å². The average molecular weight is 584 g/mol. The van der Waals surface area contributed by atoms with Crippen LogP contribution in [-0.4, -0.2) is 23.3 Å². The van der Waals surface area contributed by atoms with Crippen molar-refractivity contribution in [3.63, 3.8) is 0 Å². The van der Waals surface area contributed by atoms with Crippen molar-refractivity contribution in [2.24, 2.45) is 10.2 Å². The van der Waals surface area contributed by atoms with Crippen LogP contribution >= 0.6 is 27.7 Å². The van der Waals surface area contributed by atoms with E-state index in [4.69, 9.17) is 14.9 Å². The van der Waals surface area contributed by atoms with Gasteiger partial charge in [-0.2, -0.15) is 10.2 Å². The SMILES string of the molecule is CCOC(=O)C1=NN(c2ccc(Br)cc2)[C@@]2(S1)c1ccccc1C(c1ccccc1)=NN2c1ccccc1. The van der Waals surface area contributed by atoms with E-state index in [-0.39, 0.29) is 11.7 Å². The normalized spacial score (nSPS) is 18.2. The fourth-order valence-electron chi connectivity index (χ4n) is 4.67. The number of halogens is 1. The number of hydrazone groups is 2. The number of anilines is 2. The number of hydrogen-bond acceptors (Lipinski definition) is 7. The Hall–Kier alpha value is -3.88. The maximum atomic E-state index is 13.1. The van der Waals surface area contributed by atoms with Gasteiger partial charge in [-0.05, 0) is 55.1 Å². The second kappa shape index (κ2) is 10.1. The van der Waals surface area contributed by atoms with E-state index in [9.17, 15) is 4.79 Å². The number of hydrogen-bond donors (Lipinski definition) is 0. The molecular formula is C30H23BrN4O2S. The highest BCUT2D eigenvalue weighted by molar-refractivity contribution is 9.10. The molecule has 1 spiro atoms. The van der Waals surface area contributed by atoms with Crippen molar-refractivity contribution in [2.45, 2.75) is 11.9 Å². The van der Waals surface area contributed by atoms with E-state index in [2.05, 4.69) is 40.2 Å². The third-order valence-corrected chi connectivity index (χ3v) is 8.13. The van der Waals surface area contributed by atoms with Crippen LogP contribution in [0.1, 0.15) is 23.6 Å². The van der Waals surface area contributed by atoms with Gasteiger partial charge in [-0.15, -0.1) is 0 Å². The van der Waals surface area contributed by atoms with Gasteiger partial charge < -0.3 is 4.74 Å². The van der Waals surface area contributed by atoms with Crippen molar-refractivity contribution in [3.8, 4) is 0 Å². The molecule has 0 saturated carbocycles. The van der Waals surface area contributed by atoms with Crippen molar-refractivity contribution in [1.29, 1.82) is 0 Å². The Kier molecular flexibility index (Phi) is 6.51. The van der Waals surface area contributed by atoms with Crippen LogP contribution in [-0.2, 0) is 14.5 Å². The number of ether oxygens (including phenoxy) is 1. The van der Waals surface area contributed by atoms with Crippen molar-refractivity contribution in [3.05, 3.63) is 130 Å². The van der Waals surface area contributed by atoms with E-state index in [1.807, 2.05) is 94.9 Å². The highest BCUT2D eigenvalue weighted by Gasteiger charge is 2.56. The number of para-hydroxylation sites is 1. The summed E-state index contributed by atoms with van der Waals surface area (Å²) in [4.78, 5) is 12.1. The Balaban J connectivity index is 1.64. The molecule has 0 N–H and O–H groups in total. The Bertz CT molecular complexity index is 1540. The van der Waals surface area contributed by atoms with Gasteiger partial charge in [0.1, 0.15) is 0 Å². The van der Waals surface area contributed by atoms with Crippen LogP contribution in [0, 0.1) is 0 Å². The fourth-order valence-corrected chi connectivity index (χ4v) is 6.22. The average Bonchev–Trinajstić information content (AvgIpc) is 3.36. The summed E-state index contributed by atoms with van der Waals surface area (Å²) in [5.74, 6) is -0.459. The Morgan fingerprint density at radius 1 is 0.816 bits per heavy atom. The van der Waals surface area contributed by atoms with Gasteiger partial charge in [0.15, 0.2) is 0 Å². The molecule has 0 fully saturated rings. The molecule has 0 saturated heterocycles. The van der Waals surface area contributed by atoms with Crippen molar-refractivity contribution >= 4 is 55.8 Å². The van der Waals surface area contributed by atoms with Crippen molar-refractivity contribution in [2.75, 3.05) is 16.6 Å². The lowest BCUT2D eigenvalue weighted by molar-refractivity contribution is -0.134. The molecule has 188 valence electrons. The molecule has 0 aliphatic carbocycles. The number of carbonyl (C=O) groups is 1. The number of rotatable bonds is 5. The lowest BCUT2D eigenvalue weighted by atomic mass is 9.93. The van der Waals surface area contributed by atoms with Gasteiger partial charge in [0.25, 0.3) is 0 Å². The molecule has 6 rings (SSSR count). The molecule has 0 unspecified atom stereocenters. The minimum atomic E-state index is -1.02. The summed E-state index contributed by atoms with van der Waals surface area (Å²) in [6.45, 7) is 2.06. The largest absolute Gasteiger partial charge is 0.461 e. The van der Waals surface area contributed by atoms with Crippen LogP contribution in [0.25, 0.3) is 0 Å². The zero-order chi connectivity index (χ0) is 26.1. The Labute approximate surface area is 233 Å². The zero-order valence-corrected chi connectivity index (χ0v) is 22.9. The van der Waals surface area contributed by atoms with E-state index in [1.54, 1.807) is 6.92 Å². The van der Waals surface area contributed by atoms with Crippen LogP contribution < -0.4 is 10.0 Å². The van der Waals surface area contributed by atoms with Crippen LogP contribution in [0.4, 0.5) is 11.4 Å². The summed E-state index contributed by atoms with van der Waals surface area (Å²) in [6.07, 6.45) is 0. The second-order valence-corrected chi connectivity index (χ2v) is 10.7. The molecule has 1 atom stereocenters. The standard InChI is InChI=1S/C30H23BrN4O2S/c1-2-37-29(36)28-33-35(24-19-17-22(31)18-20-24)30(38-28)26-16-10-9-15-25(26)27(21-11-5-3-6-12-21)32-34(30)23-13-7-4-8-14-23/h3-20H,2H2,1H3/t30-/m1/s1. The van der Waals surface area contributed by atoms with Crippen molar-refractivity contribution in [1.82, 2.24) is 0 Å². The van der Waals surface area contributed by atoms with Crippen molar-refractivity contribution < 1.29 is 9.53 Å². The zero-order valence-electron chi connectivity index (χ0n) is 20.5. The van der Waals surface area contributed by atoms with Gasteiger partial charge in [0.2, 0.25) is 10.0 Å². The van der Waals surface area contributed by atoms with Gasteiger partial charge in [0.05, 0.1) is 23.7 Å². The Morgan fingerprint density at radius 2 is 1.42 bits per heavy atom. The molecule has 2 aliphatic rings. The van der Waals surface area contributed by atoms with Gasteiger partial charge in [-0.3, -0.25) is 0 Å². The van der Waals surface area contributed by atoms with E-state index in [0.29, 0.717) is 0 Å². The molecule has 0 aromatic heterocycles. The third kappa shape index (κ3) is 4.10. The van der Waals surface area contributed by atoms with Gasteiger partial charge in [0, 0.05) is 21.2 Å². The lowest BCUT2D eigenvalue weighted by Gasteiger charge is -2.47. The van der Waals surface area contributed by atoms with Crippen LogP contribution in [0.15, 0.2) is 124 Å². The van der Waals surface area contributed by atoms with Gasteiger partial charge >= 0.3 is 5.97 Å². The quantitative estimate of drug-likeness (QED) is 0.238. The summed E-state index contributed by atoms with van der Waals surface area (Å²) in [6, 6.07) is 36.2. The Morgan fingerprint density at radius 3 is 2.13 bits per heavy atom. The number of thioether (sulfide) groups is 1. The number of nitrogens with zero attached hydrogens (tertiary/aromatic N) is 4. The number of esters is 1. The van der Waals surface area contributed by atoms with Crippen LogP contribution in [0.5, 0.6) is 0 Å². The summed E-state index contributed by atoms with van der Waals surface area (Å²) >= 11 is 4.88. The van der Waals surface area contributed by atoms with Gasteiger partial charge in [-0.1, -0.05) is 88.7 Å². The molecule has 0 radical (unpaired) electrons. The fraction of sp³-hybridized carbons (Fsp3) is 0.100. The summed E-state index contributed by atoms with van der Waals surface area (Å²) in [5, 5.41) is 14.3. The minimum absolute atomic E-state index is 0.263. The molecule has 0 bridgehead atoms. The molecule has 2 heterocycles. The summed E-state index contributed by atoms with van der Waals surface area (Å²) in [7, 11) is 0. The first-order valence-electron chi connectivity index (χ1n) is 12.2. The minimum Gasteiger partial charge on any atom is -0.461 e. The lowest BCUT2D eigenvalue weighted by Crippen LogP contribution is -2.54. The molecular weight excluding hydrogens is 560 g/mol. The molecule has 38 heavy (non-hydrogen) atoms. The predicted octanol–water partition coefficient (Wildman–Crippen LogP) is 6.96. The smallest absolute Gasteiger partial charge is 0.365 e. The molecule has 2 aliphatic heterocycles.